The van der Waals surface area contributed by atoms with Crippen molar-refractivity contribution in [3.05, 3.63) is 23.8 Å². The highest BCUT2D eigenvalue weighted by atomic mass is 16.6. The number of hydrogen-bond acceptors (Lipinski definition) is 7. The van der Waals surface area contributed by atoms with E-state index < -0.39 is 11.9 Å². The Kier molecular flexibility index (Phi) is 7.59. The molecule has 0 saturated carbocycles. The normalized spacial score (nSPS) is 9.87. The average Bonchev–Trinajstić information content (AvgIpc) is 2.51. The van der Waals surface area contributed by atoms with Crippen molar-refractivity contribution in [2.24, 2.45) is 0 Å². The highest BCUT2D eigenvalue weighted by molar-refractivity contribution is 5.97. The van der Waals surface area contributed by atoms with Crippen molar-refractivity contribution in [2.75, 3.05) is 26.4 Å². The van der Waals surface area contributed by atoms with Crippen LogP contribution in [-0.2, 0) is 19.1 Å². The lowest BCUT2D eigenvalue weighted by Gasteiger charge is -2.12. The molecule has 0 aliphatic rings. The Morgan fingerprint density at radius 2 is 1.48 bits per heavy atom. The lowest BCUT2D eigenvalue weighted by Crippen LogP contribution is -2.16. The number of carbonyl (C=O) groups excluding carboxylic acids is 3. The van der Waals surface area contributed by atoms with Crippen molar-refractivity contribution in [3.8, 4) is 11.5 Å². The average molecular weight is 324 g/mol. The van der Waals surface area contributed by atoms with Gasteiger partial charge in [0.1, 0.15) is 11.5 Å². The van der Waals surface area contributed by atoms with Gasteiger partial charge in [-0.3, -0.25) is 4.79 Å². The molecule has 23 heavy (non-hydrogen) atoms. The fourth-order valence-electron chi connectivity index (χ4n) is 1.68. The monoisotopic (exact) mass is 324 g/mol. The molecular weight excluding hydrogens is 304 g/mol. The summed E-state index contributed by atoms with van der Waals surface area (Å²) < 4.78 is 20.0. The largest absolute Gasteiger partial charge is 0.482 e. The van der Waals surface area contributed by atoms with Crippen molar-refractivity contribution in [3.63, 3.8) is 0 Å². The third kappa shape index (κ3) is 6.37. The topological polar surface area (TPSA) is 88.1 Å². The molecule has 0 atom stereocenters. The van der Waals surface area contributed by atoms with Gasteiger partial charge in [0.25, 0.3) is 0 Å². The minimum absolute atomic E-state index is 0.244. The number of ketones is 1. The molecule has 7 heteroatoms. The quantitative estimate of drug-likeness (QED) is 0.505. The van der Waals surface area contributed by atoms with E-state index >= 15 is 0 Å². The van der Waals surface area contributed by atoms with Gasteiger partial charge in [-0.1, -0.05) is 0 Å². The molecule has 0 aliphatic carbocycles. The summed E-state index contributed by atoms with van der Waals surface area (Å²) in [5.74, 6) is -0.713. The molecule has 0 N–H and O–H groups in total. The maximum atomic E-state index is 11.7. The molecule has 0 aliphatic heterocycles. The minimum atomic E-state index is -0.523. The third-order valence-electron chi connectivity index (χ3n) is 2.64. The van der Waals surface area contributed by atoms with E-state index in [2.05, 4.69) is 0 Å². The van der Waals surface area contributed by atoms with E-state index in [0.29, 0.717) is 5.75 Å². The SMILES string of the molecule is CCOC(=O)COc1ccc(OCC(=O)OCC)c(C(C)=O)c1. The van der Waals surface area contributed by atoms with Gasteiger partial charge in [0.05, 0.1) is 18.8 Å². The van der Waals surface area contributed by atoms with Gasteiger partial charge in [0.15, 0.2) is 19.0 Å². The fourth-order valence-corrected chi connectivity index (χ4v) is 1.68. The van der Waals surface area contributed by atoms with Crippen LogP contribution < -0.4 is 9.47 Å². The molecule has 0 fully saturated rings. The zero-order valence-corrected chi connectivity index (χ0v) is 13.4. The summed E-state index contributed by atoms with van der Waals surface area (Å²) in [7, 11) is 0. The number of ether oxygens (including phenoxy) is 4. The van der Waals surface area contributed by atoms with Crippen LogP contribution in [0.4, 0.5) is 0 Å². The predicted octanol–water partition coefficient (Wildman–Crippen LogP) is 1.77. The van der Waals surface area contributed by atoms with E-state index in [1.807, 2.05) is 0 Å². The maximum Gasteiger partial charge on any atom is 0.344 e. The van der Waals surface area contributed by atoms with E-state index in [4.69, 9.17) is 18.9 Å². The Bertz CT molecular complexity index is 566. The van der Waals surface area contributed by atoms with Gasteiger partial charge in [0.2, 0.25) is 0 Å². The first-order valence-electron chi connectivity index (χ1n) is 7.19. The van der Waals surface area contributed by atoms with Gasteiger partial charge in [-0.05, 0) is 39.0 Å². The molecule has 126 valence electrons. The van der Waals surface area contributed by atoms with Crippen LogP contribution in [-0.4, -0.2) is 44.1 Å². The molecule has 0 unspecified atom stereocenters. The second-order valence-corrected chi connectivity index (χ2v) is 4.40. The van der Waals surface area contributed by atoms with E-state index in [1.165, 1.54) is 25.1 Å². The Morgan fingerprint density at radius 3 is 2.00 bits per heavy atom. The van der Waals surface area contributed by atoms with E-state index in [9.17, 15) is 14.4 Å². The molecular formula is C16H20O7. The molecule has 0 saturated heterocycles. The summed E-state index contributed by atoms with van der Waals surface area (Å²) >= 11 is 0. The van der Waals surface area contributed by atoms with Crippen LogP contribution in [0.2, 0.25) is 0 Å². The van der Waals surface area contributed by atoms with Gasteiger partial charge >= 0.3 is 11.9 Å². The van der Waals surface area contributed by atoms with Crippen LogP contribution in [0.25, 0.3) is 0 Å². The summed E-state index contributed by atoms with van der Waals surface area (Å²) in [6.45, 7) is 4.72. The molecule has 1 aromatic rings. The standard InChI is InChI=1S/C16H20O7/c1-4-20-15(18)9-22-12-6-7-14(13(8-12)11(3)17)23-10-16(19)21-5-2/h6-8H,4-5,9-10H2,1-3H3. The summed E-state index contributed by atoms with van der Waals surface area (Å²) in [5, 5.41) is 0. The first-order chi connectivity index (χ1) is 11.0. The van der Waals surface area contributed by atoms with Crippen LogP contribution in [0.1, 0.15) is 31.1 Å². The summed E-state index contributed by atoms with van der Waals surface area (Å²) in [6, 6.07) is 4.48. The van der Waals surface area contributed by atoms with Crippen LogP contribution in [0.5, 0.6) is 11.5 Å². The summed E-state index contributed by atoms with van der Waals surface area (Å²) in [4.78, 5) is 34.2. The second kappa shape index (κ2) is 9.45. The predicted molar refractivity (Wildman–Crippen MR) is 80.7 cm³/mol. The van der Waals surface area contributed by atoms with Crippen LogP contribution in [0.15, 0.2) is 18.2 Å². The van der Waals surface area contributed by atoms with Crippen LogP contribution in [0, 0.1) is 0 Å². The molecule has 0 spiro atoms. The van der Waals surface area contributed by atoms with E-state index in [1.54, 1.807) is 13.8 Å². The van der Waals surface area contributed by atoms with Crippen molar-refractivity contribution in [2.45, 2.75) is 20.8 Å². The molecule has 0 aromatic heterocycles. The van der Waals surface area contributed by atoms with E-state index in [0.717, 1.165) is 0 Å². The van der Waals surface area contributed by atoms with Crippen LogP contribution in [0.3, 0.4) is 0 Å². The maximum absolute atomic E-state index is 11.7. The van der Waals surface area contributed by atoms with Gasteiger partial charge in [-0.2, -0.15) is 0 Å². The van der Waals surface area contributed by atoms with Gasteiger partial charge in [-0.15, -0.1) is 0 Å². The first kappa shape index (κ1) is 18.5. The molecule has 0 heterocycles. The van der Waals surface area contributed by atoms with Crippen molar-refractivity contribution in [1.29, 1.82) is 0 Å². The van der Waals surface area contributed by atoms with E-state index in [-0.39, 0.29) is 43.5 Å². The van der Waals surface area contributed by atoms with Crippen molar-refractivity contribution >= 4 is 17.7 Å². The van der Waals surface area contributed by atoms with Gasteiger partial charge in [-0.25, -0.2) is 9.59 Å². The molecule has 0 amide bonds. The lowest BCUT2D eigenvalue weighted by atomic mass is 10.1. The Morgan fingerprint density at radius 1 is 0.913 bits per heavy atom. The summed E-state index contributed by atoms with van der Waals surface area (Å²) in [5.41, 5.74) is 0.246. The third-order valence-corrected chi connectivity index (χ3v) is 2.64. The zero-order chi connectivity index (χ0) is 17.2. The zero-order valence-electron chi connectivity index (χ0n) is 13.4. The Balaban J connectivity index is 2.75. The Hall–Kier alpha value is -2.57. The highest BCUT2D eigenvalue weighted by Gasteiger charge is 2.13. The van der Waals surface area contributed by atoms with Crippen molar-refractivity contribution in [1.82, 2.24) is 0 Å². The number of benzene rings is 1. The molecule has 0 bridgehead atoms. The molecule has 0 radical (unpaired) electrons. The second-order valence-electron chi connectivity index (χ2n) is 4.40. The van der Waals surface area contributed by atoms with Gasteiger partial charge in [0, 0.05) is 0 Å². The lowest BCUT2D eigenvalue weighted by molar-refractivity contribution is -0.146. The Labute approximate surface area is 134 Å². The smallest absolute Gasteiger partial charge is 0.344 e. The van der Waals surface area contributed by atoms with Crippen molar-refractivity contribution < 1.29 is 33.3 Å². The number of esters is 2. The molecule has 1 aromatic carbocycles. The molecule has 1 rings (SSSR count). The fraction of sp³-hybridized carbons (Fsp3) is 0.438. The number of rotatable bonds is 9. The highest BCUT2D eigenvalue weighted by Crippen LogP contribution is 2.25. The number of hydrogen-bond donors (Lipinski definition) is 0. The number of carbonyl (C=O) groups is 3. The number of Topliss-reactive ketones (excluding diaryl/α,β-unsaturated/α-hetero) is 1. The summed E-state index contributed by atoms with van der Waals surface area (Å²) in [6.07, 6.45) is 0. The van der Waals surface area contributed by atoms with Gasteiger partial charge < -0.3 is 18.9 Å². The first-order valence-corrected chi connectivity index (χ1v) is 7.19. The molecule has 7 nitrogen and oxygen atoms in total. The van der Waals surface area contributed by atoms with Crippen LogP contribution >= 0.6 is 0 Å². The minimum Gasteiger partial charge on any atom is -0.482 e.